The summed E-state index contributed by atoms with van der Waals surface area (Å²) in [5.41, 5.74) is 7.73. The van der Waals surface area contributed by atoms with Crippen LogP contribution in [0.1, 0.15) is 67.4 Å². The first-order valence-electron chi connectivity index (χ1n) is 18.0. The molecule has 0 aliphatic carbocycles. The molecule has 0 spiro atoms. The molecule has 4 N–H and O–H groups in total. The summed E-state index contributed by atoms with van der Waals surface area (Å²) in [5, 5.41) is 15.3. The molecule has 2 aliphatic heterocycles. The van der Waals surface area contributed by atoms with Crippen LogP contribution in [-0.2, 0) is 22.6 Å². The topological polar surface area (TPSA) is 121 Å². The molecule has 0 radical (unpaired) electrons. The van der Waals surface area contributed by atoms with Crippen molar-refractivity contribution in [3.63, 3.8) is 0 Å². The standard InChI is InChI=1S/C41H47N5O5/c1-3-42-40(48)43-24-29-8-6-9-31(22-29)32-10-7-11-33(23-32)39-50-37(27(2)38(51-39)30-16-14-28(26-47)15-17-30)25-45-20-18-34(19-21-45)46-36-13-5-4-12-35(36)44-41(46)49/h4-17,22-23,27,34,37-39,47H,3,18-21,24-26H2,1-2H3,(H,44,49)(H2,42,43,48)/t27-,37+,38+,39+/m0/s1. The lowest BCUT2D eigenvalue weighted by Gasteiger charge is -2.44. The second-order valence-electron chi connectivity index (χ2n) is 13.7. The highest BCUT2D eigenvalue weighted by Gasteiger charge is 2.39. The number of nitrogens with zero attached hydrogens (tertiary/aromatic N) is 2. The molecule has 2 saturated heterocycles. The third-order valence-electron chi connectivity index (χ3n) is 10.3. The first-order chi connectivity index (χ1) is 24.9. The Morgan fingerprint density at radius 2 is 1.61 bits per heavy atom. The molecule has 10 nitrogen and oxygen atoms in total. The zero-order chi connectivity index (χ0) is 35.3. The zero-order valence-corrected chi connectivity index (χ0v) is 29.3. The highest BCUT2D eigenvalue weighted by Crippen LogP contribution is 2.43. The van der Waals surface area contributed by atoms with Crippen LogP contribution in [0.15, 0.2) is 102 Å². The summed E-state index contributed by atoms with van der Waals surface area (Å²) in [6, 6.07) is 32.4. The van der Waals surface area contributed by atoms with Gasteiger partial charge in [0.15, 0.2) is 6.29 Å². The number of aromatic nitrogens is 2. The smallest absolute Gasteiger partial charge is 0.326 e. The average molecular weight is 690 g/mol. The van der Waals surface area contributed by atoms with Crippen LogP contribution in [0.2, 0.25) is 0 Å². The Kier molecular flexibility index (Phi) is 10.6. The van der Waals surface area contributed by atoms with E-state index < -0.39 is 6.29 Å². The summed E-state index contributed by atoms with van der Waals surface area (Å²) >= 11 is 0. The molecule has 5 aromatic rings. The van der Waals surface area contributed by atoms with Crippen molar-refractivity contribution in [2.24, 2.45) is 5.92 Å². The Labute approximate surface area is 298 Å². The Balaban J connectivity index is 1.10. The van der Waals surface area contributed by atoms with E-state index in [-0.39, 0.29) is 42.5 Å². The molecule has 4 aromatic carbocycles. The lowest BCUT2D eigenvalue weighted by atomic mass is 9.89. The summed E-state index contributed by atoms with van der Waals surface area (Å²) in [6.07, 6.45) is 0.865. The van der Waals surface area contributed by atoms with E-state index in [4.69, 9.17) is 9.47 Å². The van der Waals surface area contributed by atoms with Gasteiger partial charge in [-0.2, -0.15) is 0 Å². The van der Waals surface area contributed by atoms with Gasteiger partial charge in [0.1, 0.15) is 0 Å². The van der Waals surface area contributed by atoms with Crippen molar-refractivity contribution in [3.8, 4) is 11.1 Å². The number of imidazole rings is 1. The third-order valence-corrected chi connectivity index (χ3v) is 10.3. The molecule has 0 bridgehead atoms. The van der Waals surface area contributed by atoms with E-state index in [1.807, 2.05) is 78.2 Å². The molecular formula is C41H47N5O5. The molecule has 0 saturated carbocycles. The van der Waals surface area contributed by atoms with E-state index in [2.05, 4.69) is 57.8 Å². The highest BCUT2D eigenvalue weighted by atomic mass is 16.7. The van der Waals surface area contributed by atoms with Gasteiger partial charge in [0.25, 0.3) is 0 Å². The number of carbonyl (C=O) groups excluding carboxylic acids is 1. The van der Waals surface area contributed by atoms with E-state index in [9.17, 15) is 14.7 Å². The number of likely N-dealkylation sites (tertiary alicyclic amines) is 1. The maximum atomic E-state index is 12.9. The van der Waals surface area contributed by atoms with Crippen LogP contribution in [0, 0.1) is 5.92 Å². The molecule has 10 heteroatoms. The van der Waals surface area contributed by atoms with Crippen LogP contribution in [0.3, 0.4) is 0 Å². The van der Waals surface area contributed by atoms with Crippen molar-refractivity contribution >= 4 is 17.1 Å². The van der Waals surface area contributed by atoms with Crippen molar-refractivity contribution in [1.82, 2.24) is 25.1 Å². The molecule has 2 fully saturated rings. The molecule has 3 heterocycles. The van der Waals surface area contributed by atoms with Crippen molar-refractivity contribution in [2.45, 2.75) is 64.4 Å². The van der Waals surface area contributed by atoms with E-state index in [0.29, 0.717) is 13.1 Å². The van der Waals surface area contributed by atoms with Crippen LogP contribution in [0.5, 0.6) is 0 Å². The van der Waals surface area contributed by atoms with Crippen molar-refractivity contribution < 1.29 is 19.4 Å². The fourth-order valence-corrected chi connectivity index (χ4v) is 7.51. The van der Waals surface area contributed by atoms with Crippen LogP contribution in [0.25, 0.3) is 22.2 Å². The lowest BCUT2D eigenvalue weighted by molar-refractivity contribution is -0.276. The fourth-order valence-electron chi connectivity index (χ4n) is 7.51. The average Bonchev–Trinajstić information content (AvgIpc) is 3.51. The number of piperidine rings is 1. The Bertz CT molecular complexity index is 2000. The number of aliphatic hydroxyl groups is 1. The number of carbonyl (C=O) groups is 1. The fraction of sp³-hybridized carbons (Fsp3) is 0.366. The Morgan fingerprint density at radius 3 is 2.37 bits per heavy atom. The monoisotopic (exact) mass is 689 g/mol. The number of rotatable bonds is 10. The minimum Gasteiger partial charge on any atom is -0.392 e. The predicted octanol–water partition coefficient (Wildman–Crippen LogP) is 6.44. The van der Waals surface area contributed by atoms with E-state index in [1.54, 1.807) is 0 Å². The van der Waals surface area contributed by atoms with E-state index in [1.165, 1.54) is 0 Å². The van der Waals surface area contributed by atoms with Crippen molar-refractivity contribution in [2.75, 3.05) is 26.2 Å². The van der Waals surface area contributed by atoms with Gasteiger partial charge in [0.2, 0.25) is 0 Å². The van der Waals surface area contributed by atoms with Gasteiger partial charge in [-0.25, -0.2) is 9.59 Å². The molecule has 0 unspecified atom stereocenters. The summed E-state index contributed by atoms with van der Waals surface area (Å²) in [4.78, 5) is 30.3. The predicted molar refractivity (Wildman–Crippen MR) is 198 cm³/mol. The quantitative estimate of drug-likeness (QED) is 0.134. The minimum absolute atomic E-state index is 0.00760. The molecule has 4 atom stereocenters. The van der Waals surface area contributed by atoms with Gasteiger partial charge in [-0.15, -0.1) is 0 Å². The molecule has 51 heavy (non-hydrogen) atoms. The number of hydrogen-bond acceptors (Lipinski definition) is 6. The van der Waals surface area contributed by atoms with Crippen molar-refractivity contribution in [3.05, 3.63) is 130 Å². The molecule has 7 rings (SSSR count). The molecular weight excluding hydrogens is 642 g/mol. The van der Waals surface area contributed by atoms with Gasteiger partial charge >= 0.3 is 11.7 Å². The number of urea groups is 1. The summed E-state index contributed by atoms with van der Waals surface area (Å²) in [6.45, 7) is 7.57. The number of aromatic amines is 1. The molecule has 1 aromatic heterocycles. The van der Waals surface area contributed by atoms with Gasteiger partial charge in [0.05, 0.1) is 29.8 Å². The highest BCUT2D eigenvalue weighted by molar-refractivity contribution is 5.75. The number of nitrogens with one attached hydrogen (secondary N) is 3. The van der Waals surface area contributed by atoms with Crippen LogP contribution in [0.4, 0.5) is 4.79 Å². The first kappa shape index (κ1) is 34.7. The minimum atomic E-state index is -0.585. The number of amides is 2. The molecule has 2 amide bonds. The number of fused-ring (bicyclic) bond motifs is 1. The largest absolute Gasteiger partial charge is 0.392 e. The zero-order valence-electron chi connectivity index (χ0n) is 29.3. The summed E-state index contributed by atoms with van der Waals surface area (Å²) in [5.74, 6) is 0.0625. The number of aliphatic hydroxyl groups excluding tert-OH is 1. The van der Waals surface area contributed by atoms with Crippen LogP contribution in [-0.4, -0.2) is 57.9 Å². The Morgan fingerprint density at radius 1 is 0.863 bits per heavy atom. The number of hydrogen-bond donors (Lipinski definition) is 4. The van der Waals surface area contributed by atoms with Gasteiger partial charge in [-0.05, 0) is 71.8 Å². The number of ether oxygens (including phenoxy) is 2. The number of benzene rings is 4. The van der Waals surface area contributed by atoms with Crippen LogP contribution < -0.4 is 16.3 Å². The molecule has 2 aliphatic rings. The maximum Gasteiger partial charge on any atom is 0.326 e. The first-order valence-corrected chi connectivity index (χ1v) is 18.0. The van der Waals surface area contributed by atoms with Gasteiger partial charge in [0, 0.05) is 50.2 Å². The third kappa shape index (κ3) is 7.79. The van der Waals surface area contributed by atoms with E-state index in [0.717, 1.165) is 76.9 Å². The van der Waals surface area contributed by atoms with Crippen molar-refractivity contribution in [1.29, 1.82) is 0 Å². The van der Waals surface area contributed by atoms with Crippen LogP contribution >= 0.6 is 0 Å². The maximum absolute atomic E-state index is 12.9. The van der Waals surface area contributed by atoms with Gasteiger partial charge in [-0.3, -0.25) is 4.57 Å². The molecule has 266 valence electrons. The van der Waals surface area contributed by atoms with Gasteiger partial charge < -0.3 is 35.1 Å². The van der Waals surface area contributed by atoms with E-state index >= 15 is 0 Å². The summed E-state index contributed by atoms with van der Waals surface area (Å²) in [7, 11) is 0. The Hall–Kier alpha value is -4.74. The number of para-hydroxylation sites is 2. The second kappa shape index (κ2) is 15.7. The number of H-pyrrole nitrogens is 1. The van der Waals surface area contributed by atoms with Gasteiger partial charge in [-0.1, -0.05) is 79.7 Å². The normalized spacial score (nSPS) is 21.5. The lowest BCUT2D eigenvalue weighted by Crippen LogP contribution is -2.47. The summed E-state index contributed by atoms with van der Waals surface area (Å²) < 4.78 is 15.6. The second-order valence-corrected chi connectivity index (χ2v) is 13.7. The SMILES string of the molecule is CCNC(=O)NCc1cccc(-c2cccc([C@@H]3O[C@H](CN4CCC(n5c(=O)[nH]c6ccccc65)CC4)[C@H](C)[C@H](c4ccc(CO)cc4)O3)c2)c1.